The lowest BCUT2D eigenvalue weighted by Crippen LogP contribution is -2.49. The van der Waals surface area contributed by atoms with Crippen molar-refractivity contribution in [2.45, 2.75) is 64.1 Å². The number of hydrogen-bond acceptors (Lipinski definition) is 8. The molecule has 4 aromatic rings. The molecule has 0 spiro atoms. The Balaban J connectivity index is 1.19. The molecule has 9 nitrogen and oxygen atoms in total. The zero-order valence-electron chi connectivity index (χ0n) is 28.1. The topological polar surface area (TPSA) is 99.1 Å². The first-order valence-electron chi connectivity index (χ1n) is 16.8. The van der Waals surface area contributed by atoms with Crippen LogP contribution in [-0.2, 0) is 14.3 Å². The number of benzene rings is 3. The van der Waals surface area contributed by atoms with Gasteiger partial charge in [0, 0.05) is 43.5 Å². The molecule has 0 amide bonds. The number of methoxy groups -OCH3 is 1. The molecule has 3 aromatic carbocycles. The second-order valence-electron chi connectivity index (χ2n) is 12.8. The molecule has 1 aliphatic heterocycles. The minimum Gasteiger partial charge on any atom is -0.492 e. The first-order valence-corrected chi connectivity index (χ1v) is 16.8. The summed E-state index contributed by atoms with van der Waals surface area (Å²) in [7, 11) is 1.45. The number of hydrogen-bond donors (Lipinski definition) is 1. The number of carbonyl (C=O) groups excluding carboxylic acids is 2. The average Bonchev–Trinajstić information content (AvgIpc) is 3.95. The summed E-state index contributed by atoms with van der Waals surface area (Å²) in [6.45, 7) is 6.92. The highest BCUT2D eigenvalue weighted by atomic mass is 19.1. The van der Waals surface area contributed by atoms with Crippen LogP contribution >= 0.6 is 0 Å². The molecule has 2 fully saturated rings. The van der Waals surface area contributed by atoms with Gasteiger partial charge in [0.15, 0.2) is 11.6 Å². The maximum atomic E-state index is 15.8. The van der Waals surface area contributed by atoms with Crippen LogP contribution in [0.4, 0.5) is 14.5 Å². The summed E-state index contributed by atoms with van der Waals surface area (Å²) < 4.78 is 49.5. The number of nitrogens with one attached hydrogen (secondary N) is 1. The van der Waals surface area contributed by atoms with E-state index in [1.807, 2.05) is 46.7 Å². The van der Waals surface area contributed by atoms with Crippen LogP contribution in [-0.4, -0.2) is 62.0 Å². The SMILES string of the molecule is CCC(COC(=O)c1cn(C2CC2)c2c(OC)c(N3CCNC(C)C3)c(F)cc2c1=O)OC(=O)C(C)c1ccc(-c2ccccc2)c(F)c1. The van der Waals surface area contributed by atoms with Crippen molar-refractivity contribution in [1.82, 2.24) is 9.88 Å². The van der Waals surface area contributed by atoms with Crippen LogP contribution in [0.3, 0.4) is 0 Å². The van der Waals surface area contributed by atoms with Gasteiger partial charge in [0.2, 0.25) is 5.43 Å². The number of fused-ring (bicyclic) bond motifs is 1. The number of anilines is 1. The summed E-state index contributed by atoms with van der Waals surface area (Å²) in [4.78, 5) is 42.1. The Hall–Kier alpha value is -4.77. The van der Waals surface area contributed by atoms with Crippen molar-refractivity contribution in [2.75, 3.05) is 38.3 Å². The van der Waals surface area contributed by atoms with Crippen LogP contribution in [0.25, 0.3) is 22.0 Å². The Morgan fingerprint density at radius 2 is 1.82 bits per heavy atom. The first kappa shape index (κ1) is 34.1. The minimum absolute atomic E-state index is 0.0150. The zero-order valence-corrected chi connectivity index (χ0v) is 28.1. The van der Waals surface area contributed by atoms with Crippen molar-refractivity contribution in [3.63, 3.8) is 0 Å². The third kappa shape index (κ3) is 7.03. The number of pyridine rings is 1. The van der Waals surface area contributed by atoms with Crippen LogP contribution in [0.15, 0.2) is 65.6 Å². The van der Waals surface area contributed by atoms with E-state index in [2.05, 4.69) is 5.32 Å². The van der Waals surface area contributed by atoms with Crippen LogP contribution < -0.4 is 20.4 Å². The molecule has 1 aliphatic carbocycles. The summed E-state index contributed by atoms with van der Waals surface area (Å²) in [5, 5.41) is 3.38. The summed E-state index contributed by atoms with van der Waals surface area (Å²) in [6, 6.07) is 15.1. The lowest BCUT2D eigenvalue weighted by Gasteiger charge is -2.35. The summed E-state index contributed by atoms with van der Waals surface area (Å²) in [5.41, 5.74) is 1.42. The molecule has 2 heterocycles. The van der Waals surface area contributed by atoms with E-state index < -0.39 is 41.0 Å². The fourth-order valence-corrected chi connectivity index (χ4v) is 6.39. The van der Waals surface area contributed by atoms with E-state index in [-0.39, 0.29) is 35.4 Å². The Bertz CT molecular complexity index is 1930. The fraction of sp³-hybridized carbons (Fsp3) is 0.395. The van der Waals surface area contributed by atoms with Crippen LogP contribution in [0.1, 0.15) is 67.9 Å². The Morgan fingerprint density at radius 1 is 1.06 bits per heavy atom. The van der Waals surface area contributed by atoms with Gasteiger partial charge in [-0.2, -0.15) is 0 Å². The van der Waals surface area contributed by atoms with Crippen molar-refractivity contribution >= 4 is 28.5 Å². The molecule has 1 aromatic heterocycles. The highest BCUT2D eigenvalue weighted by molar-refractivity contribution is 5.98. The molecule has 258 valence electrons. The fourth-order valence-electron chi connectivity index (χ4n) is 6.39. The van der Waals surface area contributed by atoms with Gasteiger partial charge in [-0.1, -0.05) is 49.4 Å². The third-order valence-electron chi connectivity index (χ3n) is 9.32. The third-order valence-corrected chi connectivity index (χ3v) is 9.32. The van der Waals surface area contributed by atoms with E-state index in [4.69, 9.17) is 14.2 Å². The van der Waals surface area contributed by atoms with Crippen molar-refractivity contribution < 1.29 is 32.6 Å². The van der Waals surface area contributed by atoms with Crippen molar-refractivity contribution in [2.24, 2.45) is 0 Å². The lowest BCUT2D eigenvalue weighted by atomic mass is 9.97. The predicted molar refractivity (Wildman–Crippen MR) is 183 cm³/mol. The number of esters is 2. The first-order chi connectivity index (χ1) is 23.6. The Morgan fingerprint density at radius 3 is 2.47 bits per heavy atom. The van der Waals surface area contributed by atoms with Crippen LogP contribution in [0, 0.1) is 11.6 Å². The van der Waals surface area contributed by atoms with Gasteiger partial charge in [-0.05, 0) is 56.4 Å². The van der Waals surface area contributed by atoms with Crippen molar-refractivity contribution in [3.8, 4) is 16.9 Å². The summed E-state index contributed by atoms with van der Waals surface area (Å²) >= 11 is 0. The molecule has 1 saturated carbocycles. The maximum absolute atomic E-state index is 15.8. The molecule has 49 heavy (non-hydrogen) atoms. The molecule has 0 bridgehead atoms. The molecule has 1 N–H and O–H groups in total. The van der Waals surface area contributed by atoms with E-state index in [0.717, 1.165) is 18.4 Å². The molecule has 6 rings (SSSR count). The second kappa shape index (κ2) is 14.4. The van der Waals surface area contributed by atoms with Gasteiger partial charge in [-0.25, -0.2) is 13.6 Å². The normalized spacial score (nSPS) is 17.4. The van der Waals surface area contributed by atoms with E-state index in [1.165, 1.54) is 25.4 Å². The van der Waals surface area contributed by atoms with Gasteiger partial charge in [0.25, 0.3) is 0 Å². The molecule has 3 atom stereocenters. The summed E-state index contributed by atoms with van der Waals surface area (Å²) in [6.07, 6.45) is 2.65. The number of piperazine rings is 1. The Labute approximate surface area is 283 Å². The van der Waals surface area contributed by atoms with Gasteiger partial charge in [0.05, 0.1) is 23.9 Å². The van der Waals surface area contributed by atoms with Gasteiger partial charge >= 0.3 is 11.9 Å². The quantitative estimate of drug-likeness (QED) is 0.184. The average molecular weight is 674 g/mol. The highest BCUT2D eigenvalue weighted by Gasteiger charge is 2.33. The second-order valence-corrected chi connectivity index (χ2v) is 12.8. The monoisotopic (exact) mass is 673 g/mol. The molecular weight excluding hydrogens is 632 g/mol. The van der Waals surface area contributed by atoms with Crippen molar-refractivity contribution in [3.05, 3.63) is 93.8 Å². The van der Waals surface area contributed by atoms with Crippen LogP contribution in [0.5, 0.6) is 5.75 Å². The smallest absolute Gasteiger partial charge is 0.343 e. The van der Waals surface area contributed by atoms with E-state index in [1.54, 1.807) is 26.0 Å². The zero-order chi connectivity index (χ0) is 34.8. The Kier molecular flexibility index (Phi) is 10.0. The standard InChI is InChI=1S/C38H41F2N3O6/c1-5-27(49-37(45)23(3)25-11-14-28(31(39)17-25)24-9-7-6-8-10-24)21-48-38(46)30-20-43(26-12-13-26)33-29(35(30)44)18-32(40)34(36(33)47-4)42-16-15-41-22(2)19-42/h6-11,14,17-18,20,22-23,26-27,41H,5,12-13,15-16,19,21H2,1-4H3. The number of halogens is 2. The molecule has 1 saturated heterocycles. The van der Waals surface area contributed by atoms with Crippen LogP contribution in [0.2, 0.25) is 0 Å². The van der Waals surface area contributed by atoms with E-state index in [9.17, 15) is 18.8 Å². The predicted octanol–water partition coefficient (Wildman–Crippen LogP) is 6.37. The molecule has 3 unspecified atom stereocenters. The van der Waals surface area contributed by atoms with Crippen molar-refractivity contribution in [1.29, 1.82) is 0 Å². The number of aromatic nitrogens is 1. The molecule has 2 aliphatic rings. The van der Waals surface area contributed by atoms with E-state index in [0.29, 0.717) is 48.4 Å². The number of rotatable bonds is 11. The largest absolute Gasteiger partial charge is 0.492 e. The molecule has 0 radical (unpaired) electrons. The molecule has 11 heteroatoms. The van der Waals surface area contributed by atoms with Gasteiger partial charge < -0.3 is 29.0 Å². The molecular formula is C38H41F2N3O6. The number of carbonyl (C=O) groups is 2. The van der Waals surface area contributed by atoms with Gasteiger partial charge in [-0.15, -0.1) is 0 Å². The van der Waals surface area contributed by atoms with E-state index >= 15 is 4.39 Å². The maximum Gasteiger partial charge on any atom is 0.343 e. The number of ether oxygens (including phenoxy) is 3. The number of nitrogens with zero attached hydrogens (tertiary/aromatic N) is 2. The van der Waals surface area contributed by atoms with Gasteiger partial charge in [0.1, 0.15) is 29.8 Å². The lowest BCUT2D eigenvalue weighted by molar-refractivity contribution is -0.152. The summed E-state index contributed by atoms with van der Waals surface area (Å²) in [5.74, 6) is -3.09. The highest BCUT2D eigenvalue weighted by Crippen LogP contribution is 2.44. The minimum atomic E-state index is -0.901. The van der Waals surface area contributed by atoms with Gasteiger partial charge in [-0.3, -0.25) is 9.59 Å².